The molecule has 25 heavy (non-hydrogen) atoms. The number of Topliss-reactive ketones (excluding diaryl/α,β-unsaturated/α-hetero) is 1. The maximum Gasteiger partial charge on any atom is 0.203 e. The lowest BCUT2D eigenvalue weighted by Gasteiger charge is -2.06. The number of ketones is 1. The summed E-state index contributed by atoms with van der Waals surface area (Å²) in [4.78, 5) is 12.6. The summed E-state index contributed by atoms with van der Waals surface area (Å²) in [5.41, 5.74) is 2.25. The van der Waals surface area contributed by atoms with E-state index in [4.69, 9.17) is 10.00 Å². The first kappa shape index (κ1) is 18.0. The molecule has 2 rings (SSSR count). The summed E-state index contributed by atoms with van der Waals surface area (Å²) in [6.45, 7) is 2.00. The second-order valence-corrected chi connectivity index (χ2v) is 5.43. The van der Waals surface area contributed by atoms with Crippen molar-refractivity contribution in [1.29, 1.82) is 10.5 Å². The molecule has 0 amide bonds. The van der Waals surface area contributed by atoms with Crippen LogP contribution in [-0.2, 0) is 6.42 Å². The highest BCUT2D eigenvalue weighted by atomic mass is 16.5. The zero-order chi connectivity index (χ0) is 18.1. The van der Waals surface area contributed by atoms with Gasteiger partial charge in [-0.25, -0.2) is 0 Å². The smallest absolute Gasteiger partial charge is 0.203 e. The molecule has 0 aliphatic heterocycles. The molecule has 0 radical (unpaired) electrons. The average molecular weight is 330 g/mol. The van der Waals surface area contributed by atoms with E-state index >= 15 is 0 Å². The van der Waals surface area contributed by atoms with Gasteiger partial charge in [0.15, 0.2) is 6.61 Å². The molecule has 0 aromatic heterocycles. The van der Waals surface area contributed by atoms with Gasteiger partial charge in [-0.15, -0.1) is 0 Å². The van der Waals surface area contributed by atoms with E-state index < -0.39 is 0 Å². The molecule has 0 atom stereocenters. The van der Waals surface area contributed by atoms with Crippen molar-refractivity contribution < 1.29 is 9.53 Å². The van der Waals surface area contributed by atoms with Gasteiger partial charge in [0.2, 0.25) is 5.78 Å². The zero-order valence-corrected chi connectivity index (χ0v) is 14.0. The molecule has 124 valence electrons. The Morgan fingerprint density at radius 1 is 1.12 bits per heavy atom. The SMILES string of the molecule is CCCc1ccc(C(=O)/C(C#N)=C/c2ccccc2OCC#N)cc1. The van der Waals surface area contributed by atoms with E-state index in [1.54, 1.807) is 36.4 Å². The number of para-hydroxylation sites is 1. The number of ether oxygens (including phenoxy) is 1. The van der Waals surface area contributed by atoms with Crippen LogP contribution >= 0.6 is 0 Å². The van der Waals surface area contributed by atoms with Crippen molar-refractivity contribution >= 4 is 11.9 Å². The van der Waals surface area contributed by atoms with E-state index in [9.17, 15) is 10.1 Å². The summed E-state index contributed by atoms with van der Waals surface area (Å²) in [5, 5.41) is 18.0. The highest BCUT2D eigenvalue weighted by Crippen LogP contribution is 2.22. The van der Waals surface area contributed by atoms with Gasteiger partial charge in [0, 0.05) is 11.1 Å². The van der Waals surface area contributed by atoms with Crippen molar-refractivity contribution in [3.63, 3.8) is 0 Å². The van der Waals surface area contributed by atoms with Crippen molar-refractivity contribution in [2.75, 3.05) is 6.61 Å². The van der Waals surface area contributed by atoms with Gasteiger partial charge in [-0.1, -0.05) is 55.8 Å². The largest absolute Gasteiger partial charge is 0.478 e. The summed E-state index contributed by atoms with van der Waals surface area (Å²) in [6.07, 6.45) is 3.49. The highest BCUT2D eigenvalue weighted by molar-refractivity contribution is 6.14. The van der Waals surface area contributed by atoms with Gasteiger partial charge in [-0.05, 0) is 24.1 Å². The first-order valence-corrected chi connectivity index (χ1v) is 8.03. The first-order chi connectivity index (χ1) is 12.2. The van der Waals surface area contributed by atoms with E-state index in [1.165, 1.54) is 6.08 Å². The molecular formula is C21H18N2O2. The van der Waals surface area contributed by atoms with Crippen LogP contribution in [0.5, 0.6) is 5.75 Å². The van der Waals surface area contributed by atoms with Gasteiger partial charge in [-0.2, -0.15) is 10.5 Å². The molecular weight excluding hydrogens is 312 g/mol. The number of hydrogen-bond acceptors (Lipinski definition) is 4. The first-order valence-electron chi connectivity index (χ1n) is 8.03. The third-order valence-corrected chi connectivity index (χ3v) is 3.63. The molecule has 0 saturated heterocycles. The third kappa shape index (κ3) is 4.80. The fourth-order valence-electron chi connectivity index (χ4n) is 2.41. The number of aryl methyl sites for hydroxylation is 1. The van der Waals surface area contributed by atoms with E-state index in [0.29, 0.717) is 16.9 Å². The van der Waals surface area contributed by atoms with Crippen LogP contribution in [0.15, 0.2) is 54.1 Å². The minimum Gasteiger partial charge on any atom is -0.478 e. The van der Waals surface area contributed by atoms with Crippen molar-refractivity contribution in [1.82, 2.24) is 0 Å². The van der Waals surface area contributed by atoms with Crippen molar-refractivity contribution in [2.24, 2.45) is 0 Å². The normalized spacial score (nSPS) is 10.6. The Hall–Kier alpha value is -3.37. The Balaban J connectivity index is 2.30. The quantitative estimate of drug-likeness (QED) is 0.430. The second-order valence-electron chi connectivity index (χ2n) is 5.43. The lowest BCUT2D eigenvalue weighted by Crippen LogP contribution is -2.03. The number of carbonyl (C=O) groups is 1. The molecule has 0 aliphatic carbocycles. The van der Waals surface area contributed by atoms with Gasteiger partial charge in [0.05, 0.1) is 0 Å². The average Bonchev–Trinajstić information content (AvgIpc) is 2.65. The third-order valence-electron chi connectivity index (χ3n) is 3.63. The van der Waals surface area contributed by atoms with Crippen LogP contribution in [-0.4, -0.2) is 12.4 Å². The van der Waals surface area contributed by atoms with Crippen molar-refractivity contribution in [3.8, 4) is 17.9 Å². The Morgan fingerprint density at radius 2 is 1.84 bits per heavy atom. The summed E-state index contributed by atoms with van der Waals surface area (Å²) < 4.78 is 5.33. The van der Waals surface area contributed by atoms with Gasteiger partial charge < -0.3 is 4.74 Å². The van der Waals surface area contributed by atoms with Crippen LogP contribution in [0.25, 0.3) is 6.08 Å². The molecule has 0 aliphatic rings. The number of rotatable bonds is 7. The summed E-state index contributed by atoms with van der Waals surface area (Å²) in [7, 11) is 0. The minimum atomic E-state index is -0.333. The molecule has 0 unspecified atom stereocenters. The topological polar surface area (TPSA) is 73.9 Å². The number of carbonyl (C=O) groups excluding carboxylic acids is 1. The van der Waals surface area contributed by atoms with Crippen LogP contribution in [0.3, 0.4) is 0 Å². The molecule has 0 fully saturated rings. The predicted octanol–water partition coefficient (Wildman–Crippen LogP) is 4.33. The number of hydrogen-bond donors (Lipinski definition) is 0. The van der Waals surface area contributed by atoms with Crippen molar-refractivity contribution in [3.05, 3.63) is 70.8 Å². The predicted molar refractivity (Wildman–Crippen MR) is 95.9 cm³/mol. The van der Waals surface area contributed by atoms with Crippen LogP contribution in [0.4, 0.5) is 0 Å². The standard InChI is InChI=1S/C21H18N2O2/c1-2-5-16-8-10-17(11-9-16)21(24)19(15-23)14-18-6-3-4-7-20(18)25-13-12-22/h3-4,6-11,14H,2,5,13H2,1H3/b19-14+. The Bertz CT molecular complexity index is 853. The lowest BCUT2D eigenvalue weighted by atomic mass is 9.99. The number of nitriles is 2. The summed E-state index contributed by atoms with van der Waals surface area (Å²) in [5.74, 6) is 0.128. The number of allylic oxidation sites excluding steroid dienone is 1. The summed E-state index contributed by atoms with van der Waals surface area (Å²) >= 11 is 0. The maximum absolute atomic E-state index is 12.6. The fourth-order valence-corrected chi connectivity index (χ4v) is 2.41. The van der Waals surface area contributed by atoms with E-state index in [0.717, 1.165) is 18.4 Å². The molecule has 0 N–H and O–H groups in total. The Morgan fingerprint density at radius 3 is 2.48 bits per heavy atom. The van der Waals surface area contributed by atoms with E-state index in [-0.39, 0.29) is 18.0 Å². The fraction of sp³-hybridized carbons (Fsp3) is 0.190. The van der Waals surface area contributed by atoms with Gasteiger partial charge in [-0.3, -0.25) is 4.79 Å². The van der Waals surface area contributed by atoms with Gasteiger partial charge in [0.1, 0.15) is 23.5 Å². The monoisotopic (exact) mass is 330 g/mol. The summed E-state index contributed by atoms with van der Waals surface area (Å²) in [6, 6.07) is 18.2. The Kier molecular flexibility index (Phi) is 6.51. The molecule has 2 aromatic carbocycles. The van der Waals surface area contributed by atoms with E-state index in [2.05, 4.69) is 6.92 Å². The van der Waals surface area contributed by atoms with Crippen LogP contribution in [0.2, 0.25) is 0 Å². The molecule has 0 saturated carbocycles. The van der Waals surface area contributed by atoms with Crippen LogP contribution in [0, 0.1) is 22.7 Å². The zero-order valence-electron chi connectivity index (χ0n) is 14.0. The number of benzene rings is 2. The molecule has 4 heteroatoms. The number of nitrogens with zero attached hydrogens (tertiary/aromatic N) is 2. The molecule has 2 aromatic rings. The molecule has 4 nitrogen and oxygen atoms in total. The molecule has 0 spiro atoms. The van der Waals surface area contributed by atoms with Gasteiger partial charge >= 0.3 is 0 Å². The van der Waals surface area contributed by atoms with E-state index in [1.807, 2.05) is 24.3 Å². The molecule has 0 bridgehead atoms. The van der Waals surface area contributed by atoms with Crippen molar-refractivity contribution in [2.45, 2.75) is 19.8 Å². The maximum atomic E-state index is 12.6. The van der Waals surface area contributed by atoms with Crippen LogP contribution < -0.4 is 4.74 Å². The molecule has 0 heterocycles. The minimum absolute atomic E-state index is 0.0243. The van der Waals surface area contributed by atoms with Crippen LogP contribution in [0.1, 0.15) is 34.8 Å². The Labute approximate surface area is 147 Å². The van der Waals surface area contributed by atoms with Gasteiger partial charge in [0.25, 0.3) is 0 Å². The highest BCUT2D eigenvalue weighted by Gasteiger charge is 2.13. The lowest BCUT2D eigenvalue weighted by molar-refractivity contribution is 0.104. The second kappa shape index (κ2) is 9.05.